The zero-order valence-electron chi connectivity index (χ0n) is 11.8. The van der Waals surface area contributed by atoms with Crippen molar-refractivity contribution in [2.45, 2.75) is 32.2 Å². The van der Waals surface area contributed by atoms with E-state index in [-0.39, 0.29) is 6.04 Å². The molecule has 0 aliphatic carbocycles. The highest BCUT2D eigenvalue weighted by Crippen LogP contribution is 2.28. The molecule has 0 fully saturated rings. The monoisotopic (exact) mass is 271 g/mol. The number of nitrogens with two attached hydrogens (primary N) is 1. The maximum Gasteiger partial charge on any atom is 0.221 e. The Hall–Kier alpha value is -1.88. The standard InChI is InChI=1S/C15H21N5/c1-11-4-2-5-12(10-11)13-7-9-17-15-18-14(6-3-8-16)19-20(13)15/h2,4-5,10,13H,3,6-9,16H2,1H3,(H,17,18,19). The van der Waals surface area contributed by atoms with Crippen molar-refractivity contribution < 1.29 is 0 Å². The number of hydrogen-bond acceptors (Lipinski definition) is 4. The summed E-state index contributed by atoms with van der Waals surface area (Å²) in [6.07, 6.45) is 2.81. The first-order chi connectivity index (χ1) is 9.78. The van der Waals surface area contributed by atoms with Gasteiger partial charge in [0.05, 0.1) is 6.04 Å². The smallest absolute Gasteiger partial charge is 0.221 e. The lowest BCUT2D eigenvalue weighted by Gasteiger charge is -2.24. The fourth-order valence-corrected chi connectivity index (χ4v) is 2.70. The number of fused-ring (bicyclic) bond motifs is 1. The van der Waals surface area contributed by atoms with Crippen LogP contribution in [0.3, 0.4) is 0 Å². The number of aryl methyl sites for hydroxylation is 2. The largest absolute Gasteiger partial charge is 0.354 e. The molecule has 0 saturated carbocycles. The van der Waals surface area contributed by atoms with Crippen molar-refractivity contribution in [1.29, 1.82) is 0 Å². The molecule has 0 radical (unpaired) electrons. The van der Waals surface area contributed by atoms with Crippen molar-refractivity contribution in [1.82, 2.24) is 14.8 Å². The van der Waals surface area contributed by atoms with E-state index in [4.69, 9.17) is 5.73 Å². The fourth-order valence-electron chi connectivity index (χ4n) is 2.70. The van der Waals surface area contributed by atoms with E-state index in [2.05, 4.69) is 46.6 Å². The molecule has 3 N–H and O–H groups in total. The minimum atomic E-state index is 0.283. The van der Waals surface area contributed by atoms with Gasteiger partial charge in [0, 0.05) is 13.0 Å². The van der Waals surface area contributed by atoms with Crippen molar-refractivity contribution in [3.63, 3.8) is 0 Å². The van der Waals surface area contributed by atoms with E-state index in [0.29, 0.717) is 6.54 Å². The Balaban J connectivity index is 1.91. The van der Waals surface area contributed by atoms with Crippen molar-refractivity contribution in [3.8, 4) is 0 Å². The zero-order chi connectivity index (χ0) is 13.9. The third kappa shape index (κ3) is 2.54. The molecular weight excluding hydrogens is 250 g/mol. The third-order valence-electron chi connectivity index (χ3n) is 3.70. The summed E-state index contributed by atoms with van der Waals surface area (Å²) < 4.78 is 2.03. The quantitative estimate of drug-likeness (QED) is 0.891. The normalized spacial score (nSPS) is 17.6. The molecule has 2 aromatic rings. The lowest BCUT2D eigenvalue weighted by Crippen LogP contribution is -2.24. The van der Waals surface area contributed by atoms with Gasteiger partial charge < -0.3 is 11.1 Å². The second kappa shape index (κ2) is 5.63. The first kappa shape index (κ1) is 13.1. The van der Waals surface area contributed by atoms with Gasteiger partial charge in [0.15, 0.2) is 5.82 Å². The molecule has 1 atom stereocenters. The van der Waals surface area contributed by atoms with Gasteiger partial charge in [-0.1, -0.05) is 29.8 Å². The molecule has 1 unspecified atom stereocenters. The molecule has 0 bridgehead atoms. The van der Waals surface area contributed by atoms with Gasteiger partial charge in [0.1, 0.15) is 0 Å². The van der Waals surface area contributed by atoms with Crippen LogP contribution in [-0.2, 0) is 6.42 Å². The lowest BCUT2D eigenvalue weighted by atomic mass is 10.0. The Kier molecular flexibility index (Phi) is 3.69. The molecule has 1 aliphatic rings. The lowest BCUT2D eigenvalue weighted by molar-refractivity contribution is 0.476. The number of aromatic nitrogens is 3. The van der Waals surface area contributed by atoms with E-state index in [1.807, 2.05) is 4.68 Å². The van der Waals surface area contributed by atoms with Crippen molar-refractivity contribution >= 4 is 5.95 Å². The number of rotatable bonds is 4. The highest BCUT2D eigenvalue weighted by Gasteiger charge is 2.24. The number of nitrogens with one attached hydrogen (secondary N) is 1. The number of benzene rings is 1. The molecule has 2 heterocycles. The average molecular weight is 271 g/mol. The van der Waals surface area contributed by atoms with Crippen LogP contribution in [-0.4, -0.2) is 27.9 Å². The summed E-state index contributed by atoms with van der Waals surface area (Å²) in [6, 6.07) is 8.93. The Morgan fingerprint density at radius 3 is 3.15 bits per heavy atom. The maximum atomic E-state index is 5.56. The van der Waals surface area contributed by atoms with Crippen LogP contribution in [0.5, 0.6) is 0 Å². The van der Waals surface area contributed by atoms with Crippen LogP contribution in [0.4, 0.5) is 5.95 Å². The Labute approximate surface area is 119 Å². The zero-order valence-corrected chi connectivity index (χ0v) is 11.8. The molecular formula is C15H21N5. The Morgan fingerprint density at radius 1 is 1.45 bits per heavy atom. The van der Waals surface area contributed by atoms with Gasteiger partial charge >= 0.3 is 0 Å². The van der Waals surface area contributed by atoms with Crippen molar-refractivity contribution in [2.75, 3.05) is 18.4 Å². The summed E-state index contributed by atoms with van der Waals surface area (Å²) in [4.78, 5) is 4.57. The maximum absolute atomic E-state index is 5.56. The Bertz CT molecular complexity index is 590. The van der Waals surface area contributed by atoms with E-state index in [1.54, 1.807) is 0 Å². The Morgan fingerprint density at radius 2 is 2.35 bits per heavy atom. The molecule has 20 heavy (non-hydrogen) atoms. The van der Waals surface area contributed by atoms with Crippen LogP contribution in [0.15, 0.2) is 24.3 Å². The second-order valence-corrected chi connectivity index (χ2v) is 5.33. The molecule has 1 aromatic heterocycles. The highest BCUT2D eigenvalue weighted by atomic mass is 15.4. The topological polar surface area (TPSA) is 68.8 Å². The second-order valence-electron chi connectivity index (χ2n) is 5.33. The molecule has 5 nitrogen and oxygen atoms in total. The van der Waals surface area contributed by atoms with E-state index in [0.717, 1.165) is 37.6 Å². The van der Waals surface area contributed by atoms with Crippen molar-refractivity contribution in [2.24, 2.45) is 5.73 Å². The average Bonchev–Trinajstić information content (AvgIpc) is 2.87. The first-order valence-corrected chi connectivity index (χ1v) is 7.24. The summed E-state index contributed by atoms with van der Waals surface area (Å²) in [5.41, 5.74) is 8.15. The summed E-state index contributed by atoms with van der Waals surface area (Å²) in [6.45, 7) is 3.74. The molecule has 1 aromatic carbocycles. The molecule has 0 saturated heterocycles. The van der Waals surface area contributed by atoms with Crippen LogP contribution in [0.25, 0.3) is 0 Å². The summed E-state index contributed by atoms with van der Waals surface area (Å²) in [7, 11) is 0. The minimum absolute atomic E-state index is 0.283. The van der Waals surface area contributed by atoms with Crippen LogP contribution >= 0.6 is 0 Å². The van der Waals surface area contributed by atoms with Gasteiger partial charge in [0.25, 0.3) is 0 Å². The van der Waals surface area contributed by atoms with Crippen LogP contribution < -0.4 is 11.1 Å². The molecule has 3 rings (SSSR count). The van der Waals surface area contributed by atoms with Gasteiger partial charge in [-0.2, -0.15) is 10.1 Å². The first-order valence-electron chi connectivity index (χ1n) is 7.24. The molecule has 106 valence electrons. The van der Waals surface area contributed by atoms with Gasteiger partial charge in [-0.15, -0.1) is 0 Å². The molecule has 0 spiro atoms. The number of nitrogens with zero attached hydrogens (tertiary/aromatic N) is 3. The SMILES string of the molecule is Cc1cccc(C2CCNc3nc(CCCN)nn32)c1. The predicted molar refractivity (Wildman–Crippen MR) is 79.8 cm³/mol. The molecule has 1 aliphatic heterocycles. The van der Waals surface area contributed by atoms with Crippen LogP contribution in [0.2, 0.25) is 0 Å². The van der Waals surface area contributed by atoms with E-state index in [1.165, 1.54) is 11.1 Å². The number of hydrogen-bond donors (Lipinski definition) is 2. The van der Waals surface area contributed by atoms with Gasteiger partial charge in [-0.3, -0.25) is 0 Å². The van der Waals surface area contributed by atoms with E-state index < -0.39 is 0 Å². The van der Waals surface area contributed by atoms with Crippen molar-refractivity contribution in [3.05, 3.63) is 41.2 Å². The van der Waals surface area contributed by atoms with E-state index >= 15 is 0 Å². The number of anilines is 1. The van der Waals surface area contributed by atoms with E-state index in [9.17, 15) is 0 Å². The summed E-state index contributed by atoms with van der Waals surface area (Å²) >= 11 is 0. The van der Waals surface area contributed by atoms with Gasteiger partial charge in [-0.25, -0.2) is 4.68 Å². The van der Waals surface area contributed by atoms with Crippen LogP contribution in [0.1, 0.15) is 35.8 Å². The summed E-state index contributed by atoms with van der Waals surface area (Å²) in [5, 5.41) is 8.00. The summed E-state index contributed by atoms with van der Waals surface area (Å²) in [5.74, 6) is 1.77. The third-order valence-corrected chi connectivity index (χ3v) is 3.70. The van der Waals surface area contributed by atoms with Gasteiger partial charge in [-0.05, 0) is 31.9 Å². The fraction of sp³-hybridized carbons (Fsp3) is 0.467. The van der Waals surface area contributed by atoms with Crippen LogP contribution in [0, 0.1) is 6.92 Å². The highest BCUT2D eigenvalue weighted by molar-refractivity contribution is 5.34. The predicted octanol–water partition coefficient (Wildman–Crippen LogP) is 1.88. The molecule has 5 heteroatoms. The minimum Gasteiger partial charge on any atom is -0.354 e. The van der Waals surface area contributed by atoms with Gasteiger partial charge in [0.2, 0.25) is 5.95 Å². The molecule has 0 amide bonds.